The molecule has 146 valence electrons. The zero-order valence-corrected chi connectivity index (χ0v) is 16.9. The van der Waals surface area contributed by atoms with Crippen molar-refractivity contribution >= 4 is 21.6 Å². The van der Waals surface area contributed by atoms with Crippen molar-refractivity contribution in [1.82, 2.24) is 0 Å². The predicted molar refractivity (Wildman–Crippen MR) is 118 cm³/mol. The lowest BCUT2D eigenvalue weighted by Gasteiger charge is -2.29. The van der Waals surface area contributed by atoms with Crippen LogP contribution in [0, 0.1) is 0 Å². The molecule has 4 rings (SSSR count). The lowest BCUT2D eigenvalue weighted by Crippen LogP contribution is -2.34. The van der Waals surface area contributed by atoms with Crippen LogP contribution >= 0.6 is 0 Å². The summed E-state index contributed by atoms with van der Waals surface area (Å²) in [4.78, 5) is 0.607. The number of benzene rings is 4. The van der Waals surface area contributed by atoms with Crippen LogP contribution in [0.4, 0.5) is 0 Å². The average Bonchev–Trinajstić information content (AvgIpc) is 2.79. The van der Waals surface area contributed by atoms with Crippen molar-refractivity contribution in [2.24, 2.45) is 0 Å². The van der Waals surface area contributed by atoms with Crippen molar-refractivity contribution in [3.05, 3.63) is 108 Å². The largest absolute Gasteiger partial charge is 0.495 e. The summed E-state index contributed by atoms with van der Waals surface area (Å²) < 4.78 is 19.2. The molecule has 4 aromatic rings. The van der Waals surface area contributed by atoms with Crippen LogP contribution in [0.1, 0.15) is 11.1 Å². The van der Waals surface area contributed by atoms with Gasteiger partial charge >= 0.3 is 0 Å². The Morgan fingerprint density at radius 3 is 1.93 bits per heavy atom. The SMILES string of the molecule is COc1ccc2ccccc2c1S(=O)CC(O)(c1ccccc1)c1ccccc1. The third-order valence-corrected chi connectivity index (χ3v) is 6.69. The summed E-state index contributed by atoms with van der Waals surface area (Å²) in [6.45, 7) is 0. The fourth-order valence-electron chi connectivity index (χ4n) is 3.64. The van der Waals surface area contributed by atoms with E-state index in [-0.39, 0.29) is 5.75 Å². The number of hydrogen-bond acceptors (Lipinski definition) is 3. The summed E-state index contributed by atoms with van der Waals surface area (Å²) in [5, 5.41) is 13.6. The van der Waals surface area contributed by atoms with E-state index in [1.165, 1.54) is 0 Å². The Hall–Kier alpha value is -2.95. The first-order valence-electron chi connectivity index (χ1n) is 9.41. The van der Waals surface area contributed by atoms with E-state index >= 15 is 0 Å². The van der Waals surface area contributed by atoms with Crippen molar-refractivity contribution in [3.63, 3.8) is 0 Å². The van der Waals surface area contributed by atoms with E-state index in [4.69, 9.17) is 4.74 Å². The summed E-state index contributed by atoms with van der Waals surface area (Å²) >= 11 is 0. The quantitative estimate of drug-likeness (QED) is 0.499. The van der Waals surface area contributed by atoms with E-state index in [1.54, 1.807) is 7.11 Å². The molecule has 4 heteroatoms. The van der Waals surface area contributed by atoms with E-state index in [1.807, 2.05) is 97.1 Å². The molecule has 0 saturated carbocycles. The van der Waals surface area contributed by atoms with Gasteiger partial charge in [-0.25, -0.2) is 0 Å². The molecule has 0 aliphatic heterocycles. The highest BCUT2D eigenvalue weighted by molar-refractivity contribution is 7.85. The van der Waals surface area contributed by atoms with Crippen LogP contribution in [0.25, 0.3) is 10.8 Å². The molecule has 0 amide bonds. The highest BCUT2D eigenvalue weighted by Gasteiger charge is 2.35. The van der Waals surface area contributed by atoms with Gasteiger partial charge in [-0.2, -0.15) is 0 Å². The second-order valence-corrected chi connectivity index (χ2v) is 8.29. The molecule has 0 aliphatic rings. The fourth-order valence-corrected chi connectivity index (χ4v) is 5.31. The molecule has 0 saturated heterocycles. The fraction of sp³-hybridized carbons (Fsp3) is 0.120. The van der Waals surface area contributed by atoms with Crippen molar-refractivity contribution in [3.8, 4) is 5.75 Å². The molecule has 0 bridgehead atoms. The van der Waals surface area contributed by atoms with E-state index in [9.17, 15) is 9.32 Å². The van der Waals surface area contributed by atoms with Gasteiger partial charge in [-0.15, -0.1) is 0 Å². The minimum atomic E-state index is -1.51. The molecule has 1 N–H and O–H groups in total. The van der Waals surface area contributed by atoms with Crippen LogP contribution in [0.2, 0.25) is 0 Å². The summed E-state index contributed by atoms with van der Waals surface area (Å²) in [6.07, 6.45) is 0. The highest BCUT2D eigenvalue weighted by atomic mass is 32.2. The molecular formula is C25H22O3S. The van der Waals surface area contributed by atoms with Gasteiger partial charge in [0.1, 0.15) is 11.4 Å². The second kappa shape index (κ2) is 8.19. The molecule has 0 aromatic heterocycles. The molecule has 0 spiro atoms. The number of ether oxygens (including phenoxy) is 1. The molecule has 0 heterocycles. The summed E-state index contributed by atoms with van der Waals surface area (Å²) in [5.74, 6) is 0.580. The Kier molecular flexibility index (Phi) is 5.47. The summed E-state index contributed by atoms with van der Waals surface area (Å²) in [7, 11) is 0.0600. The number of methoxy groups -OCH3 is 1. The van der Waals surface area contributed by atoms with Crippen molar-refractivity contribution in [1.29, 1.82) is 0 Å². The molecule has 3 nitrogen and oxygen atoms in total. The standard InChI is InChI=1S/C25H22O3S/c1-28-23-17-16-19-10-8-9-15-22(19)24(23)29(27)18-25(26,20-11-4-2-5-12-20)21-13-6-3-7-14-21/h2-17,26H,18H2,1H3. The summed E-state index contributed by atoms with van der Waals surface area (Å²) in [6, 6.07) is 30.4. The van der Waals surface area contributed by atoms with Gasteiger partial charge < -0.3 is 9.84 Å². The van der Waals surface area contributed by atoms with E-state index in [0.29, 0.717) is 21.8 Å². The van der Waals surface area contributed by atoms with Crippen LogP contribution in [0.3, 0.4) is 0 Å². The Bertz CT molecular complexity index is 1100. The molecule has 1 atom stereocenters. The van der Waals surface area contributed by atoms with Crippen molar-refractivity contribution in [2.45, 2.75) is 10.5 Å². The van der Waals surface area contributed by atoms with Gasteiger partial charge in [-0.1, -0.05) is 91.0 Å². The van der Waals surface area contributed by atoms with Gasteiger partial charge in [-0.3, -0.25) is 4.21 Å². The van der Waals surface area contributed by atoms with Crippen LogP contribution < -0.4 is 4.74 Å². The number of aliphatic hydroxyl groups is 1. The maximum atomic E-state index is 13.7. The normalized spacial score (nSPS) is 12.6. The number of fused-ring (bicyclic) bond motifs is 1. The first-order valence-corrected chi connectivity index (χ1v) is 10.7. The molecule has 0 fully saturated rings. The van der Waals surface area contributed by atoms with E-state index in [0.717, 1.165) is 10.8 Å². The smallest absolute Gasteiger partial charge is 0.135 e. The molecule has 0 radical (unpaired) electrons. The lowest BCUT2D eigenvalue weighted by molar-refractivity contribution is 0.106. The third-order valence-electron chi connectivity index (χ3n) is 5.13. The third kappa shape index (κ3) is 3.69. The first kappa shape index (κ1) is 19.4. The molecular weight excluding hydrogens is 380 g/mol. The minimum Gasteiger partial charge on any atom is -0.495 e. The second-order valence-electron chi connectivity index (χ2n) is 6.90. The van der Waals surface area contributed by atoms with Gasteiger partial charge in [-0.05, 0) is 22.6 Å². The van der Waals surface area contributed by atoms with Crippen LogP contribution in [-0.4, -0.2) is 22.2 Å². The molecule has 0 aliphatic carbocycles. The Morgan fingerprint density at radius 2 is 1.34 bits per heavy atom. The molecule has 4 aromatic carbocycles. The number of rotatable bonds is 6. The highest BCUT2D eigenvalue weighted by Crippen LogP contribution is 2.36. The topological polar surface area (TPSA) is 46.5 Å². The maximum absolute atomic E-state index is 13.7. The Balaban J connectivity index is 1.84. The monoisotopic (exact) mass is 402 g/mol. The van der Waals surface area contributed by atoms with Gasteiger partial charge in [0.2, 0.25) is 0 Å². The van der Waals surface area contributed by atoms with Gasteiger partial charge in [0.25, 0.3) is 0 Å². The maximum Gasteiger partial charge on any atom is 0.135 e. The summed E-state index contributed by atoms with van der Waals surface area (Å²) in [5.41, 5.74) is 0.0208. The minimum absolute atomic E-state index is 0.0192. The van der Waals surface area contributed by atoms with Gasteiger partial charge in [0, 0.05) is 5.39 Å². The first-order chi connectivity index (χ1) is 14.1. The number of hydrogen-bond donors (Lipinski definition) is 1. The van der Waals surface area contributed by atoms with E-state index in [2.05, 4.69) is 0 Å². The van der Waals surface area contributed by atoms with Crippen molar-refractivity contribution in [2.75, 3.05) is 12.9 Å². The predicted octanol–water partition coefficient (Wildman–Crippen LogP) is 4.89. The van der Waals surface area contributed by atoms with E-state index < -0.39 is 16.4 Å². The zero-order chi connectivity index (χ0) is 20.3. The van der Waals surface area contributed by atoms with Gasteiger partial charge in [0.05, 0.1) is 28.6 Å². The van der Waals surface area contributed by atoms with Crippen molar-refractivity contribution < 1.29 is 14.1 Å². The molecule has 1 unspecified atom stereocenters. The Labute approximate surface area is 173 Å². The van der Waals surface area contributed by atoms with Crippen LogP contribution in [-0.2, 0) is 16.4 Å². The van der Waals surface area contributed by atoms with Gasteiger partial charge in [0.15, 0.2) is 0 Å². The zero-order valence-electron chi connectivity index (χ0n) is 16.1. The Morgan fingerprint density at radius 1 is 0.793 bits per heavy atom. The van der Waals surface area contributed by atoms with Crippen LogP contribution in [0.15, 0.2) is 102 Å². The molecule has 29 heavy (non-hydrogen) atoms. The lowest BCUT2D eigenvalue weighted by atomic mass is 9.88. The average molecular weight is 403 g/mol. The van der Waals surface area contributed by atoms with Crippen LogP contribution in [0.5, 0.6) is 5.75 Å².